The molecule has 1 saturated carbocycles. The van der Waals surface area contributed by atoms with Gasteiger partial charge in [-0.15, -0.1) is 0 Å². The largest absolute Gasteiger partial charge is 0.314 e. The molecular weight excluding hydrogens is 279 g/mol. The fourth-order valence-corrected chi connectivity index (χ4v) is 2.19. The average molecular weight is 295 g/mol. The number of hydrogen-bond acceptors (Lipinski definition) is 2. The molecule has 2 aromatic rings. The number of benzene rings is 1. The highest BCUT2D eigenvalue weighted by molar-refractivity contribution is 5.33. The van der Waals surface area contributed by atoms with Crippen LogP contribution in [-0.2, 0) is 6.42 Å². The summed E-state index contributed by atoms with van der Waals surface area (Å²) in [4.78, 5) is 0. The summed E-state index contributed by atoms with van der Waals surface area (Å²) in [5.41, 5.74) is 1.16. The number of halogens is 3. The molecule has 1 heterocycles. The summed E-state index contributed by atoms with van der Waals surface area (Å²) in [6.07, 6.45) is 7.72. The predicted octanol–water partition coefficient (Wildman–Crippen LogP) is 2.97. The van der Waals surface area contributed by atoms with Gasteiger partial charge in [0.1, 0.15) is 0 Å². The van der Waals surface area contributed by atoms with Crippen LogP contribution in [0.4, 0.5) is 13.2 Å². The minimum atomic E-state index is -1.46. The molecule has 1 aliphatic rings. The maximum absolute atomic E-state index is 13.2. The zero-order valence-corrected chi connectivity index (χ0v) is 11.5. The minimum absolute atomic E-state index is 0.175. The van der Waals surface area contributed by atoms with Crippen LogP contribution in [0.1, 0.15) is 24.8 Å². The molecule has 0 amide bonds. The van der Waals surface area contributed by atoms with Crippen LogP contribution in [0.5, 0.6) is 0 Å². The van der Waals surface area contributed by atoms with E-state index in [0.717, 1.165) is 37.1 Å². The lowest BCUT2D eigenvalue weighted by atomic mass is 10.2. The Labute approximate surface area is 120 Å². The Kier molecular flexibility index (Phi) is 3.96. The fourth-order valence-electron chi connectivity index (χ4n) is 2.19. The molecule has 1 aliphatic carbocycles. The topological polar surface area (TPSA) is 29.9 Å². The van der Waals surface area contributed by atoms with Crippen LogP contribution in [-0.4, -0.2) is 22.4 Å². The van der Waals surface area contributed by atoms with Crippen molar-refractivity contribution in [3.05, 3.63) is 47.5 Å². The first-order valence-electron chi connectivity index (χ1n) is 7.05. The molecule has 1 aromatic heterocycles. The van der Waals surface area contributed by atoms with Crippen LogP contribution in [0.3, 0.4) is 0 Å². The van der Waals surface area contributed by atoms with E-state index in [1.165, 1.54) is 17.5 Å². The molecule has 0 aliphatic heterocycles. The SMILES string of the molecule is Fc1cc(-n2cc(CCCNC3CC3)cn2)cc(F)c1F. The summed E-state index contributed by atoms with van der Waals surface area (Å²) in [5.74, 6) is -3.89. The normalized spacial score (nSPS) is 14.6. The maximum atomic E-state index is 13.2. The molecule has 1 N–H and O–H groups in total. The van der Waals surface area contributed by atoms with E-state index in [0.29, 0.717) is 6.04 Å². The predicted molar refractivity (Wildman–Crippen MR) is 72.8 cm³/mol. The summed E-state index contributed by atoms with van der Waals surface area (Å²) in [7, 11) is 0. The highest BCUT2D eigenvalue weighted by Gasteiger charge is 2.19. The van der Waals surface area contributed by atoms with Crippen LogP contribution >= 0.6 is 0 Å². The zero-order valence-electron chi connectivity index (χ0n) is 11.5. The molecule has 112 valence electrons. The second-order valence-electron chi connectivity index (χ2n) is 5.35. The smallest absolute Gasteiger partial charge is 0.194 e. The van der Waals surface area contributed by atoms with Gasteiger partial charge >= 0.3 is 0 Å². The average Bonchev–Trinajstić information content (AvgIpc) is 3.17. The van der Waals surface area contributed by atoms with E-state index in [-0.39, 0.29) is 5.69 Å². The molecule has 0 bridgehead atoms. The van der Waals surface area contributed by atoms with Crippen LogP contribution in [0.2, 0.25) is 0 Å². The number of aryl methyl sites for hydroxylation is 1. The molecule has 0 saturated heterocycles. The van der Waals surface area contributed by atoms with Gasteiger partial charge in [-0.2, -0.15) is 5.10 Å². The van der Waals surface area contributed by atoms with Gasteiger partial charge < -0.3 is 5.32 Å². The first kappa shape index (κ1) is 14.1. The summed E-state index contributed by atoms with van der Waals surface area (Å²) >= 11 is 0. The van der Waals surface area contributed by atoms with E-state index in [2.05, 4.69) is 10.4 Å². The number of nitrogens with one attached hydrogen (secondary N) is 1. The maximum Gasteiger partial charge on any atom is 0.194 e. The monoisotopic (exact) mass is 295 g/mol. The van der Waals surface area contributed by atoms with E-state index in [9.17, 15) is 13.2 Å². The van der Waals surface area contributed by atoms with Gasteiger partial charge in [-0.3, -0.25) is 0 Å². The lowest BCUT2D eigenvalue weighted by molar-refractivity contribution is 0.446. The molecule has 0 atom stereocenters. The van der Waals surface area contributed by atoms with Gasteiger partial charge in [0.05, 0.1) is 11.9 Å². The van der Waals surface area contributed by atoms with E-state index in [4.69, 9.17) is 0 Å². The molecule has 0 unspecified atom stereocenters. The van der Waals surface area contributed by atoms with Crippen LogP contribution in [0.15, 0.2) is 24.5 Å². The second kappa shape index (κ2) is 5.89. The lowest BCUT2D eigenvalue weighted by Crippen LogP contribution is -2.17. The van der Waals surface area contributed by atoms with Crippen LogP contribution in [0.25, 0.3) is 5.69 Å². The fraction of sp³-hybridized carbons (Fsp3) is 0.400. The second-order valence-corrected chi connectivity index (χ2v) is 5.35. The van der Waals surface area contributed by atoms with E-state index in [1.807, 2.05) is 0 Å². The molecular formula is C15H16F3N3. The minimum Gasteiger partial charge on any atom is -0.314 e. The molecule has 6 heteroatoms. The first-order chi connectivity index (χ1) is 10.1. The van der Waals surface area contributed by atoms with Gasteiger partial charge in [0, 0.05) is 24.4 Å². The lowest BCUT2D eigenvalue weighted by Gasteiger charge is -2.03. The first-order valence-corrected chi connectivity index (χ1v) is 7.05. The van der Waals surface area contributed by atoms with E-state index in [1.54, 1.807) is 12.4 Å². The van der Waals surface area contributed by atoms with Gasteiger partial charge in [0.25, 0.3) is 0 Å². The van der Waals surface area contributed by atoms with Gasteiger partial charge in [-0.25, -0.2) is 17.9 Å². The molecule has 21 heavy (non-hydrogen) atoms. The van der Waals surface area contributed by atoms with Gasteiger partial charge in [0.15, 0.2) is 17.5 Å². The van der Waals surface area contributed by atoms with Crippen molar-refractivity contribution < 1.29 is 13.2 Å². The van der Waals surface area contributed by atoms with Crippen molar-refractivity contribution in [2.75, 3.05) is 6.54 Å². The summed E-state index contributed by atoms with van der Waals surface area (Å²) in [6.45, 7) is 0.954. The highest BCUT2D eigenvalue weighted by Crippen LogP contribution is 2.19. The van der Waals surface area contributed by atoms with E-state index >= 15 is 0 Å². The molecule has 3 rings (SSSR count). The van der Waals surface area contributed by atoms with Crippen molar-refractivity contribution in [3.63, 3.8) is 0 Å². The summed E-state index contributed by atoms with van der Waals surface area (Å²) in [5, 5.41) is 7.48. The number of rotatable bonds is 6. The Balaban J connectivity index is 1.63. The summed E-state index contributed by atoms with van der Waals surface area (Å²) in [6, 6.07) is 2.56. The molecule has 0 spiro atoms. The highest BCUT2D eigenvalue weighted by atomic mass is 19.2. The Bertz CT molecular complexity index is 612. The molecule has 1 aromatic carbocycles. The van der Waals surface area contributed by atoms with E-state index < -0.39 is 17.5 Å². The van der Waals surface area contributed by atoms with Gasteiger partial charge in [-0.05, 0) is 37.8 Å². The summed E-state index contributed by atoms with van der Waals surface area (Å²) < 4.78 is 40.7. The van der Waals surface area contributed by atoms with Crippen molar-refractivity contribution >= 4 is 0 Å². The Morgan fingerprint density at radius 2 is 1.90 bits per heavy atom. The zero-order chi connectivity index (χ0) is 14.8. The number of hydrogen-bond donors (Lipinski definition) is 1. The number of aromatic nitrogens is 2. The third kappa shape index (κ3) is 3.44. The number of nitrogens with zero attached hydrogens (tertiary/aromatic N) is 2. The van der Waals surface area contributed by atoms with Crippen molar-refractivity contribution in [1.29, 1.82) is 0 Å². The molecule has 0 radical (unpaired) electrons. The van der Waals surface area contributed by atoms with Crippen molar-refractivity contribution in [2.45, 2.75) is 31.7 Å². The standard InChI is InChI=1S/C15H16F3N3/c16-13-6-12(7-14(17)15(13)18)21-9-10(8-20-21)2-1-5-19-11-3-4-11/h6-9,11,19H,1-5H2. The Morgan fingerprint density at radius 3 is 2.57 bits per heavy atom. The van der Waals surface area contributed by atoms with Crippen LogP contribution in [0, 0.1) is 17.5 Å². The van der Waals surface area contributed by atoms with Crippen LogP contribution < -0.4 is 5.32 Å². The quantitative estimate of drug-likeness (QED) is 0.656. The third-order valence-electron chi connectivity index (χ3n) is 3.52. The Hall–Kier alpha value is -1.82. The van der Waals surface area contributed by atoms with Gasteiger partial charge in [-0.1, -0.05) is 0 Å². The van der Waals surface area contributed by atoms with Crippen molar-refractivity contribution in [2.24, 2.45) is 0 Å². The molecule has 3 nitrogen and oxygen atoms in total. The van der Waals surface area contributed by atoms with Crippen molar-refractivity contribution in [3.8, 4) is 5.69 Å². The third-order valence-corrected chi connectivity index (χ3v) is 3.52. The van der Waals surface area contributed by atoms with Gasteiger partial charge in [0.2, 0.25) is 0 Å². The Morgan fingerprint density at radius 1 is 1.19 bits per heavy atom. The van der Waals surface area contributed by atoms with Crippen molar-refractivity contribution in [1.82, 2.24) is 15.1 Å². The molecule has 1 fully saturated rings.